The summed E-state index contributed by atoms with van der Waals surface area (Å²) in [6.45, 7) is 0. The van der Waals surface area contributed by atoms with Gasteiger partial charge in [0, 0.05) is 10.6 Å². The zero-order chi connectivity index (χ0) is 9.26. The van der Waals surface area contributed by atoms with Crippen LogP contribution >= 0.6 is 11.8 Å². The van der Waals surface area contributed by atoms with Gasteiger partial charge in [-0.3, -0.25) is 0 Å². The van der Waals surface area contributed by atoms with Gasteiger partial charge in [-0.05, 0) is 12.1 Å². The summed E-state index contributed by atoms with van der Waals surface area (Å²) in [5, 5.41) is 8.73. The van der Waals surface area contributed by atoms with Gasteiger partial charge in [0.1, 0.15) is 5.75 Å². The Morgan fingerprint density at radius 2 is 2.31 bits per heavy atom. The van der Waals surface area contributed by atoms with Gasteiger partial charge in [-0.25, -0.2) is 4.79 Å². The summed E-state index contributed by atoms with van der Waals surface area (Å²) >= 11 is 1.52. The zero-order valence-electron chi connectivity index (χ0n) is 6.77. The van der Waals surface area contributed by atoms with E-state index in [1.54, 1.807) is 6.07 Å². The monoisotopic (exact) mass is 196 g/mol. The summed E-state index contributed by atoms with van der Waals surface area (Å²) in [5.41, 5.74) is 0. The fraction of sp³-hybridized carbons (Fsp3) is 0.222. The quantitative estimate of drug-likeness (QED) is 0.741. The lowest BCUT2D eigenvalue weighted by Gasteiger charge is -2.21. The van der Waals surface area contributed by atoms with Crippen LogP contribution in [-0.4, -0.2) is 22.9 Å². The summed E-state index contributed by atoms with van der Waals surface area (Å²) in [6.07, 6.45) is -0.708. The number of aliphatic carboxylic acids is 1. The molecule has 2 rings (SSSR count). The van der Waals surface area contributed by atoms with Gasteiger partial charge in [0.05, 0.1) is 0 Å². The van der Waals surface area contributed by atoms with Gasteiger partial charge in [-0.1, -0.05) is 12.1 Å². The second kappa shape index (κ2) is 3.30. The number of thioether (sulfide) groups is 1. The van der Waals surface area contributed by atoms with Crippen molar-refractivity contribution in [2.45, 2.75) is 11.0 Å². The van der Waals surface area contributed by atoms with Crippen LogP contribution in [0, 0.1) is 0 Å². The lowest BCUT2D eigenvalue weighted by molar-refractivity contribution is -0.144. The van der Waals surface area contributed by atoms with Crippen LogP contribution in [-0.2, 0) is 4.79 Å². The first-order valence-electron chi connectivity index (χ1n) is 3.88. The maximum Gasteiger partial charge on any atom is 0.345 e. The SMILES string of the molecule is O=C(O)[C@@H]1CSc2ccccc2O1. The van der Waals surface area contributed by atoms with Gasteiger partial charge in [-0.15, -0.1) is 11.8 Å². The summed E-state index contributed by atoms with van der Waals surface area (Å²) in [7, 11) is 0. The van der Waals surface area contributed by atoms with E-state index in [4.69, 9.17) is 9.84 Å². The number of fused-ring (bicyclic) bond motifs is 1. The van der Waals surface area contributed by atoms with Crippen molar-refractivity contribution in [2.75, 3.05) is 5.75 Å². The molecule has 0 fully saturated rings. The van der Waals surface area contributed by atoms with Crippen molar-refractivity contribution in [3.05, 3.63) is 24.3 Å². The summed E-state index contributed by atoms with van der Waals surface area (Å²) in [4.78, 5) is 11.6. The third-order valence-corrected chi connectivity index (χ3v) is 2.90. The highest BCUT2D eigenvalue weighted by atomic mass is 32.2. The van der Waals surface area contributed by atoms with Crippen molar-refractivity contribution in [3.63, 3.8) is 0 Å². The van der Waals surface area contributed by atoms with Crippen LogP contribution in [0.15, 0.2) is 29.2 Å². The minimum atomic E-state index is -0.901. The molecule has 1 aromatic carbocycles. The third kappa shape index (κ3) is 1.62. The first kappa shape index (κ1) is 8.44. The first-order chi connectivity index (χ1) is 6.27. The molecule has 0 amide bonds. The summed E-state index contributed by atoms with van der Waals surface area (Å²) in [5.74, 6) is 0.250. The van der Waals surface area contributed by atoms with Crippen molar-refractivity contribution in [1.29, 1.82) is 0 Å². The molecule has 0 radical (unpaired) electrons. The molecular weight excluding hydrogens is 188 g/mol. The van der Waals surface area contributed by atoms with Crippen LogP contribution in [0.1, 0.15) is 0 Å². The molecule has 68 valence electrons. The van der Waals surface area contributed by atoms with Crippen LogP contribution in [0.3, 0.4) is 0 Å². The number of carboxylic acid groups (broad SMARTS) is 1. The van der Waals surface area contributed by atoms with E-state index >= 15 is 0 Å². The Labute approximate surface area is 79.7 Å². The van der Waals surface area contributed by atoms with Crippen LogP contribution in [0.25, 0.3) is 0 Å². The largest absolute Gasteiger partial charge is 0.478 e. The van der Waals surface area contributed by atoms with E-state index in [0.717, 1.165) is 4.90 Å². The van der Waals surface area contributed by atoms with Gasteiger partial charge < -0.3 is 9.84 Å². The van der Waals surface area contributed by atoms with Crippen molar-refractivity contribution >= 4 is 17.7 Å². The number of carboxylic acids is 1. The lowest BCUT2D eigenvalue weighted by atomic mass is 10.3. The minimum Gasteiger partial charge on any atom is -0.478 e. The molecule has 3 nitrogen and oxygen atoms in total. The van der Waals surface area contributed by atoms with E-state index in [1.807, 2.05) is 18.2 Å². The predicted molar refractivity (Wildman–Crippen MR) is 49.2 cm³/mol. The van der Waals surface area contributed by atoms with Gasteiger partial charge in [0.15, 0.2) is 0 Å². The van der Waals surface area contributed by atoms with Gasteiger partial charge in [0.25, 0.3) is 0 Å². The molecule has 1 atom stereocenters. The Kier molecular flexibility index (Phi) is 2.14. The van der Waals surface area contributed by atoms with E-state index in [1.165, 1.54) is 11.8 Å². The van der Waals surface area contributed by atoms with Gasteiger partial charge in [-0.2, -0.15) is 0 Å². The molecule has 1 N–H and O–H groups in total. The van der Waals surface area contributed by atoms with E-state index in [2.05, 4.69) is 0 Å². The van der Waals surface area contributed by atoms with Crippen molar-refractivity contribution in [1.82, 2.24) is 0 Å². The highest BCUT2D eigenvalue weighted by molar-refractivity contribution is 7.99. The van der Waals surface area contributed by atoms with E-state index in [9.17, 15) is 4.79 Å². The Morgan fingerprint density at radius 3 is 3.08 bits per heavy atom. The highest BCUT2D eigenvalue weighted by Crippen LogP contribution is 2.34. The molecule has 4 heteroatoms. The third-order valence-electron chi connectivity index (χ3n) is 1.78. The van der Waals surface area contributed by atoms with Crippen molar-refractivity contribution in [2.24, 2.45) is 0 Å². The van der Waals surface area contributed by atoms with E-state index in [0.29, 0.717) is 11.5 Å². The average Bonchev–Trinajstić information content (AvgIpc) is 2.17. The van der Waals surface area contributed by atoms with Crippen LogP contribution in [0.5, 0.6) is 5.75 Å². The van der Waals surface area contributed by atoms with Crippen LogP contribution in [0.2, 0.25) is 0 Å². The Balaban J connectivity index is 2.24. The molecule has 1 heterocycles. The molecule has 0 saturated heterocycles. The number of carbonyl (C=O) groups is 1. The Hall–Kier alpha value is -1.16. The van der Waals surface area contributed by atoms with Gasteiger partial charge in [0.2, 0.25) is 6.10 Å². The topological polar surface area (TPSA) is 46.5 Å². The minimum absolute atomic E-state index is 0.479. The molecule has 0 saturated carbocycles. The number of ether oxygens (including phenoxy) is 1. The van der Waals surface area contributed by atoms with Crippen molar-refractivity contribution in [3.8, 4) is 5.75 Å². The standard InChI is InChI=1S/C9H8O3S/c10-9(11)7-5-13-8-4-2-1-3-6(8)12-7/h1-4,7H,5H2,(H,10,11)/t7-/m0/s1. The van der Waals surface area contributed by atoms with Crippen LogP contribution in [0.4, 0.5) is 0 Å². The van der Waals surface area contributed by atoms with Crippen molar-refractivity contribution < 1.29 is 14.6 Å². The highest BCUT2D eigenvalue weighted by Gasteiger charge is 2.25. The molecule has 13 heavy (non-hydrogen) atoms. The first-order valence-corrected chi connectivity index (χ1v) is 4.87. The normalized spacial score (nSPS) is 20.2. The number of para-hydroxylation sites is 1. The number of benzene rings is 1. The number of hydrogen-bond acceptors (Lipinski definition) is 3. The molecule has 1 aliphatic heterocycles. The van der Waals surface area contributed by atoms with E-state index in [-0.39, 0.29) is 0 Å². The predicted octanol–water partition coefficient (Wildman–Crippen LogP) is 1.62. The fourth-order valence-electron chi connectivity index (χ4n) is 1.14. The molecule has 1 aromatic rings. The molecular formula is C9H8O3S. The molecule has 1 aliphatic rings. The number of rotatable bonds is 1. The smallest absolute Gasteiger partial charge is 0.345 e. The number of hydrogen-bond donors (Lipinski definition) is 1. The van der Waals surface area contributed by atoms with E-state index < -0.39 is 12.1 Å². The maximum absolute atomic E-state index is 10.6. The lowest BCUT2D eigenvalue weighted by Crippen LogP contribution is -2.31. The maximum atomic E-state index is 10.6. The Bertz CT molecular complexity index is 337. The molecule has 0 bridgehead atoms. The average molecular weight is 196 g/mol. The van der Waals surface area contributed by atoms with Gasteiger partial charge >= 0.3 is 5.97 Å². The second-order valence-electron chi connectivity index (χ2n) is 2.70. The van der Waals surface area contributed by atoms with Crippen LogP contribution < -0.4 is 4.74 Å². The molecule has 0 unspecified atom stereocenters. The summed E-state index contributed by atoms with van der Waals surface area (Å²) in [6, 6.07) is 7.47. The Morgan fingerprint density at radius 1 is 1.54 bits per heavy atom. The second-order valence-corrected chi connectivity index (χ2v) is 3.76. The fourth-order valence-corrected chi connectivity index (χ4v) is 2.12. The summed E-state index contributed by atoms with van der Waals surface area (Å²) < 4.78 is 5.27. The molecule has 0 aliphatic carbocycles. The zero-order valence-corrected chi connectivity index (χ0v) is 7.58. The molecule has 0 aromatic heterocycles. The molecule has 0 spiro atoms.